The Morgan fingerprint density at radius 1 is 1.32 bits per heavy atom. The van der Waals surface area contributed by atoms with E-state index in [2.05, 4.69) is 27.3 Å². The summed E-state index contributed by atoms with van der Waals surface area (Å²) >= 11 is 6.00. The van der Waals surface area contributed by atoms with Crippen LogP contribution in [0.15, 0.2) is 58.1 Å². The standard InChI is InChI=1S/C24H26ClF3N4OS/c1-16(13-29)21-11-18(12-25)14-30-22(21)32(19-3-2-4-19)15-17-5-7-20(8-6-17)34(33)31-23(9-10-23)24(26,27)28/h5-8,14,19,21,31H,1-4,9-12,15H2. The molecule has 2 aliphatic carbocycles. The van der Waals surface area contributed by atoms with Crippen LogP contribution in [-0.2, 0) is 17.5 Å². The molecule has 1 aliphatic heterocycles. The fraction of sp³-hybridized carbons (Fsp3) is 0.500. The molecule has 0 spiro atoms. The molecule has 1 N–H and O–H groups in total. The molecule has 0 saturated heterocycles. The molecule has 5 nitrogen and oxygen atoms in total. The molecular weight excluding hydrogens is 485 g/mol. The minimum atomic E-state index is -4.42. The highest BCUT2D eigenvalue weighted by atomic mass is 35.5. The smallest absolute Gasteiger partial charge is 0.352 e. The molecule has 10 heteroatoms. The van der Waals surface area contributed by atoms with E-state index in [1.54, 1.807) is 30.5 Å². The second kappa shape index (κ2) is 9.84. The Bertz CT molecular complexity index is 1070. The first-order chi connectivity index (χ1) is 16.2. The number of hydrogen-bond donors (Lipinski definition) is 1. The maximum Gasteiger partial charge on any atom is 0.407 e. The first kappa shape index (κ1) is 25.0. The van der Waals surface area contributed by atoms with Crippen molar-refractivity contribution in [1.82, 2.24) is 9.62 Å². The van der Waals surface area contributed by atoms with Gasteiger partial charge >= 0.3 is 6.18 Å². The highest BCUT2D eigenvalue weighted by Gasteiger charge is 2.64. The van der Waals surface area contributed by atoms with Crippen molar-refractivity contribution in [3.8, 4) is 6.07 Å². The maximum atomic E-state index is 13.2. The van der Waals surface area contributed by atoms with E-state index in [-0.39, 0.29) is 24.8 Å². The molecule has 0 amide bonds. The summed E-state index contributed by atoms with van der Waals surface area (Å²) in [4.78, 5) is 7.17. The number of rotatable bonds is 8. The second-order valence-electron chi connectivity index (χ2n) is 9.11. The fourth-order valence-electron chi connectivity index (χ4n) is 4.19. The summed E-state index contributed by atoms with van der Waals surface area (Å²) in [5.41, 5.74) is 0.270. The van der Waals surface area contributed by atoms with Gasteiger partial charge in [0, 0.05) is 30.2 Å². The molecule has 1 aromatic rings. The molecule has 0 bridgehead atoms. The number of benzene rings is 1. The molecule has 2 fully saturated rings. The van der Waals surface area contributed by atoms with Gasteiger partial charge in [0.25, 0.3) is 0 Å². The van der Waals surface area contributed by atoms with E-state index in [0.717, 1.165) is 36.2 Å². The number of aliphatic imine (C=N–C) groups is 1. The zero-order valence-corrected chi connectivity index (χ0v) is 20.1. The maximum absolute atomic E-state index is 13.2. The minimum absolute atomic E-state index is 0.0617. The largest absolute Gasteiger partial charge is 0.407 e. The molecule has 2 atom stereocenters. The van der Waals surface area contributed by atoms with Crippen molar-refractivity contribution in [2.75, 3.05) is 5.88 Å². The van der Waals surface area contributed by atoms with Crippen LogP contribution in [0.25, 0.3) is 0 Å². The number of nitriles is 1. The first-order valence-electron chi connectivity index (χ1n) is 11.2. The van der Waals surface area contributed by atoms with Crippen LogP contribution in [0.1, 0.15) is 44.1 Å². The first-order valence-corrected chi connectivity index (χ1v) is 12.9. The van der Waals surface area contributed by atoms with Crippen molar-refractivity contribution in [1.29, 1.82) is 5.26 Å². The van der Waals surface area contributed by atoms with Crippen molar-refractivity contribution < 1.29 is 17.4 Å². The average molecular weight is 511 g/mol. The number of alkyl halides is 4. The summed E-state index contributed by atoms with van der Waals surface area (Å²) in [7, 11) is -1.95. The third-order valence-electron chi connectivity index (χ3n) is 6.77. The SMILES string of the molecule is C=C(C#N)C1CC(CCl)=CN=C1N(Cc1ccc(S(=O)NC2(C(F)(F)F)CC2)cc1)C1CCC1. The molecule has 2 unspecified atom stereocenters. The predicted molar refractivity (Wildman–Crippen MR) is 126 cm³/mol. The number of allylic oxidation sites excluding steroid dienone is 1. The second-order valence-corrected chi connectivity index (χ2v) is 10.6. The summed E-state index contributed by atoms with van der Waals surface area (Å²) in [5, 5.41) is 9.48. The van der Waals surface area contributed by atoms with E-state index in [9.17, 15) is 22.6 Å². The molecule has 1 heterocycles. The zero-order chi connectivity index (χ0) is 24.5. The number of hydrogen-bond acceptors (Lipinski definition) is 4. The summed E-state index contributed by atoms with van der Waals surface area (Å²) in [6.07, 6.45) is 0.969. The third-order valence-corrected chi connectivity index (χ3v) is 8.39. The molecule has 2 saturated carbocycles. The normalized spacial score (nSPS) is 22.6. The summed E-state index contributed by atoms with van der Waals surface area (Å²) in [6.45, 7) is 4.45. The molecule has 0 aromatic heterocycles. The van der Waals surface area contributed by atoms with Gasteiger partial charge in [0.15, 0.2) is 0 Å². The molecule has 34 heavy (non-hydrogen) atoms. The molecule has 4 rings (SSSR count). The van der Waals surface area contributed by atoms with Gasteiger partial charge in [0.05, 0.1) is 16.9 Å². The van der Waals surface area contributed by atoms with Gasteiger partial charge in [-0.25, -0.2) is 13.9 Å². The van der Waals surface area contributed by atoms with Gasteiger partial charge in [-0.05, 0) is 61.8 Å². The Kier molecular flexibility index (Phi) is 7.22. The molecule has 3 aliphatic rings. The van der Waals surface area contributed by atoms with E-state index < -0.39 is 22.7 Å². The lowest BCUT2D eigenvalue weighted by molar-refractivity contribution is -0.160. The highest BCUT2D eigenvalue weighted by molar-refractivity contribution is 7.83. The van der Waals surface area contributed by atoms with E-state index >= 15 is 0 Å². The van der Waals surface area contributed by atoms with Crippen LogP contribution in [0.5, 0.6) is 0 Å². The van der Waals surface area contributed by atoms with Gasteiger partial charge in [0.2, 0.25) is 0 Å². The Labute approximate surface area is 205 Å². The van der Waals surface area contributed by atoms with Crippen molar-refractivity contribution in [2.45, 2.75) is 67.7 Å². The predicted octanol–water partition coefficient (Wildman–Crippen LogP) is 5.37. The highest BCUT2D eigenvalue weighted by Crippen LogP contribution is 2.49. The van der Waals surface area contributed by atoms with Gasteiger partial charge in [-0.2, -0.15) is 18.4 Å². The van der Waals surface area contributed by atoms with Gasteiger partial charge in [-0.3, -0.25) is 0 Å². The number of amidine groups is 1. The molecule has 0 radical (unpaired) electrons. The van der Waals surface area contributed by atoms with Crippen LogP contribution in [0, 0.1) is 17.2 Å². The summed E-state index contributed by atoms with van der Waals surface area (Å²) in [5.74, 6) is 0.898. The van der Waals surface area contributed by atoms with E-state index in [4.69, 9.17) is 11.6 Å². The molecule has 1 aromatic carbocycles. The fourth-order valence-corrected chi connectivity index (χ4v) is 5.54. The van der Waals surface area contributed by atoms with Gasteiger partial charge < -0.3 is 4.90 Å². The number of nitrogens with zero attached hydrogens (tertiary/aromatic N) is 3. The number of halogens is 4. The molecular formula is C24H26ClF3N4OS. The quantitative estimate of drug-likeness (QED) is 0.377. The lowest BCUT2D eigenvalue weighted by atomic mass is 9.86. The van der Waals surface area contributed by atoms with Crippen molar-refractivity contribution in [3.63, 3.8) is 0 Å². The Balaban J connectivity index is 1.52. The molecule has 182 valence electrons. The van der Waals surface area contributed by atoms with Crippen LogP contribution in [0.2, 0.25) is 0 Å². The van der Waals surface area contributed by atoms with Gasteiger partial charge in [0.1, 0.15) is 22.4 Å². The monoisotopic (exact) mass is 510 g/mol. The van der Waals surface area contributed by atoms with E-state index in [1.165, 1.54) is 0 Å². The lowest BCUT2D eigenvalue weighted by Gasteiger charge is -2.42. The minimum Gasteiger partial charge on any atom is -0.352 e. The average Bonchev–Trinajstić information content (AvgIpc) is 3.57. The van der Waals surface area contributed by atoms with Crippen LogP contribution in [0.3, 0.4) is 0 Å². The van der Waals surface area contributed by atoms with E-state index in [0.29, 0.717) is 29.3 Å². The summed E-state index contributed by atoms with van der Waals surface area (Å²) in [6, 6.07) is 9.22. The summed E-state index contributed by atoms with van der Waals surface area (Å²) < 4.78 is 54.3. The third kappa shape index (κ3) is 5.09. The van der Waals surface area contributed by atoms with Crippen molar-refractivity contribution in [2.24, 2.45) is 10.9 Å². The Hall–Kier alpha value is -2.15. The van der Waals surface area contributed by atoms with Gasteiger partial charge in [-0.15, -0.1) is 11.6 Å². The van der Waals surface area contributed by atoms with Crippen LogP contribution >= 0.6 is 11.6 Å². The lowest BCUT2D eigenvalue weighted by Crippen LogP contribution is -2.47. The Morgan fingerprint density at radius 3 is 2.50 bits per heavy atom. The van der Waals surface area contributed by atoms with Crippen LogP contribution in [-0.4, -0.2) is 38.6 Å². The van der Waals surface area contributed by atoms with Crippen LogP contribution in [0.4, 0.5) is 13.2 Å². The van der Waals surface area contributed by atoms with Gasteiger partial charge in [-0.1, -0.05) is 18.7 Å². The zero-order valence-electron chi connectivity index (χ0n) is 18.6. The van der Waals surface area contributed by atoms with Crippen molar-refractivity contribution >= 4 is 28.4 Å². The van der Waals surface area contributed by atoms with Crippen LogP contribution < -0.4 is 4.72 Å². The van der Waals surface area contributed by atoms with E-state index in [1.807, 2.05) is 0 Å². The van der Waals surface area contributed by atoms with Crippen molar-refractivity contribution in [3.05, 3.63) is 53.8 Å². The Morgan fingerprint density at radius 2 is 2.00 bits per heavy atom. The topological polar surface area (TPSA) is 68.5 Å². The number of nitrogens with one attached hydrogen (secondary N) is 1.